The molecule has 1 fully saturated rings. The van der Waals surface area contributed by atoms with Gasteiger partial charge in [0.1, 0.15) is 12.6 Å². The van der Waals surface area contributed by atoms with E-state index in [1.807, 2.05) is 60.7 Å². The molecule has 24 heavy (non-hydrogen) atoms. The Bertz CT molecular complexity index is 693. The second-order valence-corrected chi connectivity index (χ2v) is 6.34. The highest BCUT2D eigenvalue weighted by molar-refractivity contribution is 7.99. The van der Waals surface area contributed by atoms with Crippen molar-refractivity contribution >= 4 is 23.8 Å². The SMILES string of the molecule is O=C1OCN(C(=O)OCc2ccccc2)[C@@H]1CSc1ccccc1. The van der Waals surface area contributed by atoms with Gasteiger partial charge in [0.2, 0.25) is 0 Å². The van der Waals surface area contributed by atoms with Crippen molar-refractivity contribution in [1.82, 2.24) is 4.90 Å². The van der Waals surface area contributed by atoms with Gasteiger partial charge in [0, 0.05) is 10.6 Å². The summed E-state index contributed by atoms with van der Waals surface area (Å²) in [5.74, 6) is 0.0404. The average molecular weight is 343 g/mol. The van der Waals surface area contributed by atoms with Crippen LogP contribution in [0.1, 0.15) is 5.56 Å². The highest BCUT2D eigenvalue weighted by Crippen LogP contribution is 2.23. The third-order valence-electron chi connectivity index (χ3n) is 3.58. The number of cyclic esters (lactones) is 1. The van der Waals surface area contributed by atoms with Gasteiger partial charge in [-0.1, -0.05) is 48.5 Å². The standard InChI is InChI=1S/C18H17NO4S/c20-17-16(12-24-15-9-5-2-6-10-15)19(13-23-17)18(21)22-11-14-7-3-1-4-8-14/h1-10,16H,11-13H2/t16-/m1/s1. The molecule has 0 N–H and O–H groups in total. The lowest BCUT2D eigenvalue weighted by atomic mass is 10.2. The number of hydrogen-bond acceptors (Lipinski definition) is 5. The lowest BCUT2D eigenvalue weighted by Crippen LogP contribution is -2.40. The summed E-state index contributed by atoms with van der Waals surface area (Å²) in [6.07, 6.45) is -0.539. The van der Waals surface area contributed by atoms with Crippen molar-refractivity contribution in [2.45, 2.75) is 17.5 Å². The smallest absolute Gasteiger partial charge is 0.413 e. The van der Waals surface area contributed by atoms with Crippen LogP contribution in [0.15, 0.2) is 65.6 Å². The molecule has 1 atom stereocenters. The molecule has 0 radical (unpaired) electrons. The fourth-order valence-corrected chi connectivity index (χ4v) is 3.29. The molecule has 1 heterocycles. The van der Waals surface area contributed by atoms with Gasteiger partial charge in [-0.3, -0.25) is 4.90 Å². The molecule has 5 nitrogen and oxygen atoms in total. The number of hydrogen-bond donors (Lipinski definition) is 0. The van der Waals surface area contributed by atoms with Gasteiger partial charge in [0.15, 0.2) is 6.73 Å². The van der Waals surface area contributed by atoms with Crippen LogP contribution in [-0.2, 0) is 20.9 Å². The minimum absolute atomic E-state index is 0.0630. The van der Waals surface area contributed by atoms with Gasteiger partial charge in [-0.25, -0.2) is 9.59 Å². The number of carbonyl (C=O) groups excluding carboxylic acids is 2. The Labute approximate surface area is 144 Å². The van der Waals surface area contributed by atoms with Gasteiger partial charge < -0.3 is 9.47 Å². The second-order valence-electron chi connectivity index (χ2n) is 5.24. The van der Waals surface area contributed by atoms with Crippen molar-refractivity contribution in [2.75, 3.05) is 12.5 Å². The molecule has 124 valence electrons. The van der Waals surface area contributed by atoms with Crippen molar-refractivity contribution in [3.63, 3.8) is 0 Å². The van der Waals surface area contributed by atoms with E-state index in [-0.39, 0.29) is 13.3 Å². The van der Waals surface area contributed by atoms with Gasteiger partial charge in [-0.2, -0.15) is 0 Å². The highest BCUT2D eigenvalue weighted by atomic mass is 32.2. The van der Waals surface area contributed by atoms with Crippen LogP contribution in [0.4, 0.5) is 4.79 Å². The van der Waals surface area contributed by atoms with Gasteiger partial charge in [0.05, 0.1) is 0 Å². The zero-order valence-electron chi connectivity index (χ0n) is 13.0. The summed E-state index contributed by atoms with van der Waals surface area (Å²) >= 11 is 1.51. The molecular weight excluding hydrogens is 326 g/mol. The molecule has 2 aromatic rings. The molecule has 6 heteroatoms. The predicted octanol–water partition coefficient (Wildman–Crippen LogP) is 3.30. The highest BCUT2D eigenvalue weighted by Gasteiger charge is 2.38. The maximum atomic E-state index is 12.2. The predicted molar refractivity (Wildman–Crippen MR) is 90.4 cm³/mol. The lowest BCUT2D eigenvalue weighted by Gasteiger charge is -2.19. The Morgan fingerprint density at radius 3 is 2.50 bits per heavy atom. The maximum Gasteiger partial charge on any atom is 0.413 e. The van der Waals surface area contributed by atoms with E-state index in [1.54, 1.807) is 0 Å². The number of rotatable bonds is 5. The van der Waals surface area contributed by atoms with Crippen LogP contribution in [-0.4, -0.2) is 35.5 Å². The maximum absolute atomic E-state index is 12.2. The molecule has 0 aromatic heterocycles. The van der Waals surface area contributed by atoms with E-state index >= 15 is 0 Å². The molecule has 1 amide bonds. The first-order valence-corrected chi connectivity index (χ1v) is 8.54. The fraction of sp³-hybridized carbons (Fsp3) is 0.222. The third kappa shape index (κ3) is 4.08. The van der Waals surface area contributed by atoms with Crippen LogP contribution < -0.4 is 0 Å². The van der Waals surface area contributed by atoms with E-state index < -0.39 is 18.1 Å². The number of ether oxygens (including phenoxy) is 2. The summed E-state index contributed by atoms with van der Waals surface area (Å²) in [4.78, 5) is 26.5. The van der Waals surface area contributed by atoms with Crippen LogP contribution in [0.5, 0.6) is 0 Å². The average Bonchev–Trinajstić information content (AvgIpc) is 3.00. The summed E-state index contributed by atoms with van der Waals surface area (Å²) < 4.78 is 10.3. The summed E-state index contributed by atoms with van der Waals surface area (Å²) in [5.41, 5.74) is 0.896. The van der Waals surface area contributed by atoms with E-state index in [4.69, 9.17) is 9.47 Å². The van der Waals surface area contributed by atoms with Crippen LogP contribution in [0, 0.1) is 0 Å². The van der Waals surface area contributed by atoms with E-state index in [9.17, 15) is 9.59 Å². The first-order valence-electron chi connectivity index (χ1n) is 7.56. The monoisotopic (exact) mass is 343 g/mol. The molecule has 2 aromatic carbocycles. The summed E-state index contributed by atoms with van der Waals surface area (Å²) in [5, 5.41) is 0. The van der Waals surface area contributed by atoms with E-state index in [1.165, 1.54) is 16.7 Å². The Kier molecular flexibility index (Phi) is 5.38. The fourth-order valence-electron chi connectivity index (χ4n) is 2.28. The van der Waals surface area contributed by atoms with Crippen molar-refractivity contribution in [3.05, 3.63) is 66.2 Å². The van der Waals surface area contributed by atoms with Crippen LogP contribution >= 0.6 is 11.8 Å². The van der Waals surface area contributed by atoms with Crippen LogP contribution in [0.25, 0.3) is 0 Å². The minimum Gasteiger partial charge on any atom is -0.444 e. The topological polar surface area (TPSA) is 55.8 Å². The molecule has 1 aliphatic heterocycles. The van der Waals surface area contributed by atoms with E-state index in [2.05, 4.69) is 0 Å². The van der Waals surface area contributed by atoms with Gasteiger partial charge in [-0.05, 0) is 17.7 Å². The summed E-state index contributed by atoms with van der Waals surface area (Å²) in [6, 6.07) is 18.5. The number of amides is 1. The summed E-state index contributed by atoms with van der Waals surface area (Å²) in [7, 11) is 0. The Morgan fingerprint density at radius 1 is 1.12 bits per heavy atom. The van der Waals surface area contributed by atoms with Crippen molar-refractivity contribution in [1.29, 1.82) is 0 Å². The molecule has 0 spiro atoms. The van der Waals surface area contributed by atoms with Crippen molar-refractivity contribution in [3.8, 4) is 0 Å². The Balaban J connectivity index is 1.56. The molecule has 0 aliphatic carbocycles. The first-order chi connectivity index (χ1) is 11.7. The van der Waals surface area contributed by atoms with E-state index in [0.29, 0.717) is 5.75 Å². The summed E-state index contributed by atoms with van der Waals surface area (Å²) in [6.45, 7) is 0.107. The third-order valence-corrected chi connectivity index (χ3v) is 4.67. The molecule has 1 aliphatic rings. The van der Waals surface area contributed by atoms with Gasteiger partial charge in [-0.15, -0.1) is 11.8 Å². The van der Waals surface area contributed by atoms with Crippen LogP contribution in [0.3, 0.4) is 0 Å². The first kappa shape index (κ1) is 16.4. The quantitative estimate of drug-likeness (QED) is 0.616. The van der Waals surface area contributed by atoms with Gasteiger partial charge >= 0.3 is 12.1 Å². The number of esters is 1. The molecule has 0 bridgehead atoms. The van der Waals surface area contributed by atoms with Crippen molar-refractivity contribution < 1.29 is 19.1 Å². The molecular formula is C18H17NO4S. The van der Waals surface area contributed by atoms with Crippen molar-refractivity contribution in [2.24, 2.45) is 0 Å². The molecule has 3 rings (SSSR count). The normalized spacial score (nSPS) is 16.8. The zero-order valence-corrected chi connectivity index (χ0v) is 13.8. The Morgan fingerprint density at radius 2 is 1.79 bits per heavy atom. The Hall–Kier alpha value is -2.47. The largest absolute Gasteiger partial charge is 0.444 e. The zero-order chi connectivity index (χ0) is 16.8. The molecule has 0 unspecified atom stereocenters. The number of carbonyl (C=O) groups is 2. The lowest BCUT2D eigenvalue weighted by molar-refractivity contribution is -0.138. The van der Waals surface area contributed by atoms with Gasteiger partial charge in [0.25, 0.3) is 0 Å². The molecule has 1 saturated heterocycles. The number of benzene rings is 2. The number of nitrogens with zero attached hydrogens (tertiary/aromatic N) is 1. The molecule has 0 saturated carbocycles. The van der Waals surface area contributed by atoms with E-state index in [0.717, 1.165) is 10.5 Å². The second kappa shape index (κ2) is 7.88. The van der Waals surface area contributed by atoms with Crippen LogP contribution in [0.2, 0.25) is 0 Å². The minimum atomic E-state index is -0.626. The number of thioether (sulfide) groups is 1.